The number of methoxy groups -OCH3 is 1. The predicted octanol–water partition coefficient (Wildman–Crippen LogP) is 1.97. The van der Waals surface area contributed by atoms with E-state index in [0.717, 1.165) is 18.4 Å². The van der Waals surface area contributed by atoms with Crippen molar-refractivity contribution in [1.29, 1.82) is 0 Å². The highest BCUT2D eigenvalue weighted by Gasteiger charge is 2.47. The lowest BCUT2D eigenvalue weighted by Crippen LogP contribution is -2.49. The molecule has 3 heterocycles. The first kappa shape index (κ1) is 18.2. The highest BCUT2D eigenvalue weighted by Crippen LogP contribution is 2.35. The second-order valence-electron chi connectivity index (χ2n) is 6.99. The number of pyridine rings is 1. The van der Waals surface area contributed by atoms with Crippen molar-refractivity contribution in [3.63, 3.8) is 0 Å². The Kier molecular flexibility index (Phi) is 5.64. The molecule has 0 aromatic carbocycles. The molecule has 0 spiro atoms. The third-order valence-electron chi connectivity index (χ3n) is 5.14. The lowest BCUT2D eigenvalue weighted by Gasteiger charge is -2.39. The summed E-state index contributed by atoms with van der Waals surface area (Å²) in [4.78, 5) is 20.2. The number of alkyl halides is 2. The fraction of sp³-hybridized carbons (Fsp3) is 0.667. The van der Waals surface area contributed by atoms with Crippen molar-refractivity contribution in [2.24, 2.45) is 0 Å². The van der Waals surface area contributed by atoms with Gasteiger partial charge in [-0.1, -0.05) is 6.07 Å². The van der Waals surface area contributed by atoms with E-state index in [0.29, 0.717) is 26.1 Å². The zero-order chi connectivity index (χ0) is 17.9. The lowest BCUT2D eigenvalue weighted by molar-refractivity contribution is -0.132. The molecule has 1 aromatic heterocycles. The van der Waals surface area contributed by atoms with Crippen molar-refractivity contribution in [1.82, 2.24) is 14.8 Å². The number of carbonyl (C=O) groups is 1. The molecule has 138 valence electrons. The number of piperidine rings is 1. The van der Waals surface area contributed by atoms with Gasteiger partial charge in [0.1, 0.15) is 0 Å². The molecule has 0 unspecified atom stereocenters. The Morgan fingerprint density at radius 3 is 2.80 bits per heavy atom. The molecule has 2 aliphatic rings. The molecule has 1 amide bonds. The molecule has 25 heavy (non-hydrogen) atoms. The molecule has 7 heteroatoms. The Hall–Kier alpha value is -1.60. The van der Waals surface area contributed by atoms with Crippen molar-refractivity contribution in [2.75, 3.05) is 33.4 Å². The maximum Gasteiger partial charge on any atom is 0.262 e. The molecular formula is C18H25F2N3O2. The Bertz CT molecular complexity index is 577. The van der Waals surface area contributed by atoms with Crippen LogP contribution < -0.4 is 0 Å². The minimum atomic E-state index is -2.64. The second-order valence-corrected chi connectivity index (χ2v) is 6.99. The monoisotopic (exact) mass is 353 g/mol. The second kappa shape index (κ2) is 7.74. The molecule has 0 radical (unpaired) electrons. The number of hydrogen-bond donors (Lipinski definition) is 0. The van der Waals surface area contributed by atoms with Crippen LogP contribution in [0.2, 0.25) is 0 Å². The topological polar surface area (TPSA) is 45.7 Å². The number of halogens is 2. The Morgan fingerprint density at radius 2 is 2.16 bits per heavy atom. The van der Waals surface area contributed by atoms with E-state index in [-0.39, 0.29) is 31.0 Å². The first-order chi connectivity index (χ1) is 12.0. The highest BCUT2D eigenvalue weighted by atomic mass is 19.3. The predicted molar refractivity (Wildman–Crippen MR) is 89.5 cm³/mol. The van der Waals surface area contributed by atoms with Gasteiger partial charge in [0.15, 0.2) is 0 Å². The van der Waals surface area contributed by atoms with Gasteiger partial charge in [0.05, 0.1) is 19.6 Å². The molecule has 1 atom stereocenters. The van der Waals surface area contributed by atoms with Gasteiger partial charge < -0.3 is 9.64 Å². The van der Waals surface area contributed by atoms with E-state index < -0.39 is 5.92 Å². The Labute approximate surface area is 147 Å². The molecule has 1 aromatic rings. The Morgan fingerprint density at radius 1 is 1.40 bits per heavy atom. The molecule has 2 aliphatic heterocycles. The minimum absolute atomic E-state index is 0.0756. The van der Waals surface area contributed by atoms with E-state index in [4.69, 9.17) is 4.74 Å². The van der Waals surface area contributed by atoms with Gasteiger partial charge in [-0.15, -0.1) is 0 Å². The van der Waals surface area contributed by atoms with Crippen LogP contribution in [0.5, 0.6) is 0 Å². The van der Waals surface area contributed by atoms with Crippen LogP contribution in [0.15, 0.2) is 24.5 Å². The van der Waals surface area contributed by atoms with Gasteiger partial charge in [-0.05, 0) is 24.5 Å². The quantitative estimate of drug-likeness (QED) is 0.812. The van der Waals surface area contributed by atoms with Crippen LogP contribution in [-0.4, -0.2) is 72.0 Å². The van der Waals surface area contributed by atoms with E-state index in [1.807, 2.05) is 21.9 Å². The molecule has 5 nitrogen and oxygen atoms in total. The maximum atomic E-state index is 13.8. The first-order valence-corrected chi connectivity index (χ1v) is 8.78. The molecule has 3 rings (SSSR count). The van der Waals surface area contributed by atoms with Crippen molar-refractivity contribution < 1.29 is 18.3 Å². The van der Waals surface area contributed by atoms with Crippen molar-refractivity contribution in [3.8, 4) is 0 Å². The minimum Gasteiger partial charge on any atom is -0.383 e. The van der Waals surface area contributed by atoms with Crippen LogP contribution in [0.25, 0.3) is 0 Å². The fourth-order valence-corrected chi connectivity index (χ4v) is 3.93. The molecule has 0 bridgehead atoms. The van der Waals surface area contributed by atoms with E-state index in [2.05, 4.69) is 4.98 Å². The number of rotatable bonds is 5. The summed E-state index contributed by atoms with van der Waals surface area (Å²) in [6, 6.07) is 3.57. The number of nitrogens with zero attached hydrogens (tertiary/aromatic N) is 3. The number of ether oxygens (including phenoxy) is 1. The molecule has 2 saturated heterocycles. The van der Waals surface area contributed by atoms with Gasteiger partial charge in [-0.25, -0.2) is 8.78 Å². The van der Waals surface area contributed by atoms with Crippen LogP contribution in [0, 0.1) is 0 Å². The van der Waals surface area contributed by atoms with Gasteiger partial charge in [0.25, 0.3) is 5.92 Å². The van der Waals surface area contributed by atoms with Gasteiger partial charge in [0.2, 0.25) is 5.91 Å². The average Bonchev–Trinajstić information content (AvgIpc) is 2.91. The summed E-state index contributed by atoms with van der Waals surface area (Å²) in [5, 5.41) is 0. The highest BCUT2D eigenvalue weighted by molar-refractivity contribution is 5.78. The first-order valence-electron chi connectivity index (χ1n) is 8.78. The SMILES string of the molecule is COC[C@@H]1CC(F)(F)CN1C1CCN(C(=O)Cc2cccnc2)CC1. The summed E-state index contributed by atoms with van der Waals surface area (Å²) in [7, 11) is 1.55. The van der Waals surface area contributed by atoms with Crippen molar-refractivity contribution in [2.45, 2.75) is 43.7 Å². The van der Waals surface area contributed by atoms with E-state index >= 15 is 0 Å². The van der Waals surface area contributed by atoms with Gasteiger partial charge in [0, 0.05) is 51.1 Å². The fourth-order valence-electron chi connectivity index (χ4n) is 3.93. The summed E-state index contributed by atoms with van der Waals surface area (Å²) in [5.74, 6) is -2.57. The molecule has 2 fully saturated rings. The largest absolute Gasteiger partial charge is 0.383 e. The summed E-state index contributed by atoms with van der Waals surface area (Å²) in [6.07, 6.45) is 5.05. The molecular weight excluding hydrogens is 328 g/mol. The number of aromatic nitrogens is 1. The standard InChI is InChI=1S/C18H25F2N3O2/c1-25-12-16-10-18(19,20)13-23(16)15-4-7-22(8-5-15)17(24)9-14-3-2-6-21-11-14/h2-3,6,11,15-16H,4-5,7-10,12-13H2,1H3/t16-/m0/s1. The summed E-state index contributed by atoms with van der Waals surface area (Å²) in [6.45, 7) is 1.36. The van der Waals surface area contributed by atoms with E-state index in [1.54, 1.807) is 19.5 Å². The molecule has 0 saturated carbocycles. The number of carbonyl (C=O) groups excluding carboxylic acids is 1. The Balaban J connectivity index is 1.53. The zero-order valence-corrected chi connectivity index (χ0v) is 14.5. The number of likely N-dealkylation sites (tertiary alicyclic amines) is 2. The van der Waals surface area contributed by atoms with Crippen LogP contribution in [0.4, 0.5) is 8.78 Å². The summed E-state index contributed by atoms with van der Waals surface area (Å²) < 4.78 is 32.7. The summed E-state index contributed by atoms with van der Waals surface area (Å²) >= 11 is 0. The van der Waals surface area contributed by atoms with Crippen molar-refractivity contribution >= 4 is 5.91 Å². The molecule has 0 aliphatic carbocycles. The normalized spacial score (nSPS) is 24.6. The lowest BCUT2D eigenvalue weighted by atomic mass is 10.0. The van der Waals surface area contributed by atoms with Gasteiger partial charge in [-0.2, -0.15) is 0 Å². The van der Waals surface area contributed by atoms with Crippen molar-refractivity contribution in [3.05, 3.63) is 30.1 Å². The van der Waals surface area contributed by atoms with Crippen LogP contribution in [0.1, 0.15) is 24.8 Å². The zero-order valence-electron chi connectivity index (χ0n) is 14.5. The summed E-state index contributed by atoms with van der Waals surface area (Å²) in [5.41, 5.74) is 0.897. The van der Waals surface area contributed by atoms with Crippen LogP contribution in [-0.2, 0) is 16.0 Å². The average molecular weight is 353 g/mol. The number of hydrogen-bond acceptors (Lipinski definition) is 4. The van der Waals surface area contributed by atoms with Crippen LogP contribution in [0.3, 0.4) is 0 Å². The van der Waals surface area contributed by atoms with E-state index in [1.165, 1.54) is 0 Å². The van der Waals surface area contributed by atoms with E-state index in [9.17, 15) is 13.6 Å². The van der Waals surface area contributed by atoms with Gasteiger partial charge in [-0.3, -0.25) is 14.7 Å². The third kappa shape index (κ3) is 4.52. The third-order valence-corrected chi connectivity index (χ3v) is 5.14. The molecule has 0 N–H and O–H groups in total. The smallest absolute Gasteiger partial charge is 0.262 e. The maximum absolute atomic E-state index is 13.8. The van der Waals surface area contributed by atoms with Gasteiger partial charge >= 0.3 is 0 Å². The number of amides is 1. The van der Waals surface area contributed by atoms with Crippen LogP contribution >= 0.6 is 0 Å².